The molecule has 25 heavy (non-hydrogen) atoms. The highest BCUT2D eigenvalue weighted by molar-refractivity contribution is 9.10. The van der Waals surface area contributed by atoms with Crippen LogP contribution in [0.25, 0.3) is 11.3 Å². The van der Waals surface area contributed by atoms with Crippen molar-refractivity contribution in [3.8, 4) is 11.3 Å². The third-order valence-electron chi connectivity index (χ3n) is 3.34. The molecule has 1 heterocycles. The monoisotopic (exact) mass is 436 g/mol. The van der Waals surface area contributed by atoms with Gasteiger partial charge < -0.3 is 9.73 Å². The highest BCUT2D eigenvalue weighted by Gasteiger charge is 2.11. The Balaban J connectivity index is 1.58. The Hall–Kier alpha value is -1.76. The number of anilines is 1. The summed E-state index contributed by atoms with van der Waals surface area (Å²) >= 11 is 10.7. The SMILES string of the molecule is Cc1ccc(NC(=O)CSc2ncc(-c3ccc(Br)cc3)o2)c(Cl)c1. The maximum Gasteiger partial charge on any atom is 0.256 e. The van der Waals surface area contributed by atoms with E-state index < -0.39 is 0 Å². The van der Waals surface area contributed by atoms with Gasteiger partial charge in [-0.25, -0.2) is 4.98 Å². The van der Waals surface area contributed by atoms with E-state index in [0.29, 0.717) is 21.7 Å². The maximum absolute atomic E-state index is 12.1. The van der Waals surface area contributed by atoms with Crippen molar-refractivity contribution in [1.82, 2.24) is 4.98 Å². The number of hydrogen-bond donors (Lipinski definition) is 1. The van der Waals surface area contributed by atoms with Crippen LogP contribution in [0.5, 0.6) is 0 Å². The summed E-state index contributed by atoms with van der Waals surface area (Å²) < 4.78 is 6.68. The second kappa shape index (κ2) is 8.08. The van der Waals surface area contributed by atoms with Gasteiger partial charge in [0.2, 0.25) is 5.91 Å². The Kier molecular flexibility index (Phi) is 5.83. The quantitative estimate of drug-likeness (QED) is 0.513. The zero-order valence-corrected chi connectivity index (χ0v) is 16.4. The van der Waals surface area contributed by atoms with Crippen LogP contribution in [0.15, 0.2) is 62.8 Å². The first kappa shape index (κ1) is 18.0. The van der Waals surface area contributed by atoms with Gasteiger partial charge in [0.05, 0.1) is 22.7 Å². The number of carbonyl (C=O) groups excluding carboxylic acids is 1. The summed E-state index contributed by atoms with van der Waals surface area (Å²) in [7, 11) is 0. The topological polar surface area (TPSA) is 55.1 Å². The van der Waals surface area contributed by atoms with E-state index in [1.54, 1.807) is 12.3 Å². The van der Waals surface area contributed by atoms with Gasteiger partial charge in [-0.3, -0.25) is 4.79 Å². The number of hydrogen-bond acceptors (Lipinski definition) is 4. The molecule has 0 saturated carbocycles. The molecule has 4 nitrogen and oxygen atoms in total. The third-order valence-corrected chi connectivity index (χ3v) is 5.02. The second-order valence-corrected chi connectivity index (χ2v) is 7.57. The molecule has 0 spiro atoms. The standard InChI is InChI=1S/C18H14BrClN2O2S/c1-11-2-7-15(14(20)8-11)22-17(23)10-25-18-21-9-16(24-18)12-3-5-13(19)6-4-12/h2-9H,10H2,1H3,(H,22,23). The molecule has 128 valence electrons. The second-order valence-electron chi connectivity index (χ2n) is 5.32. The minimum absolute atomic E-state index is 0.167. The highest BCUT2D eigenvalue weighted by Crippen LogP contribution is 2.27. The van der Waals surface area contributed by atoms with Crippen molar-refractivity contribution in [1.29, 1.82) is 0 Å². The number of carbonyl (C=O) groups is 1. The molecule has 1 amide bonds. The molecular formula is C18H14BrClN2O2S. The minimum atomic E-state index is -0.167. The van der Waals surface area contributed by atoms with Crippen molar-refractivity contribution in [2.45, 2.75) is 12.1 Å². The average Bonchev–Trinajstić information content (AvgIpc) is 3.05. The predicted octanol–water partition coefficient (Wildman–Crippen LogP) is 5.80. The number of rotatable bonds is 5. The fourth-order valence-electron chi connectivity index (χ4n) is 2.11. The van der Waals surface area contributed by atoms with Gasteiger partial charge in [-0.2, -0.15) is 0 Å². The zero-order valence-electron chi connectivity index (χ0n) is 13.3. The zero-order chi connectivity index (χ0) is 17.8. The molecule has 0 radical (unpaired) electrons. The number of benzene rings is 2. The number of thioether (sulfide) groups is 1. The lowest BCUT2D eigenvalue weighted by Crippen LogP contribution is -2.14. The van der Waals surface area contributed by atoms with Gasteiger partial charge in [0.25, 0.3) is 5.22 Å². The molecule has 7 heteroatoms. The number of aryl methyl sites for hydroxylation is 1. The van der Waals surface area contributed by atoms with Crippen LogP contribution in [0.3, 0.4) is 0 Å². The smallest absolute Gasteiger partial charge is 0.256 e. The van der Waals surface area contributed by atoms with Crippen molar-refractivity contribution in [2.75, 3.05) is 11.1 Å². The van der Waals surface area contributed by atoms with Crippen LogP contribution < -0.4 is 5.32 Å². The summed E-state index contributed by atoms with van der Waals surface area (Å²) in [6, 6.07) is 13.2. The molecule has 0 bridgehead atoms. The molecule has 1 N–H and O–H groups in total. The summed E-state index contributed by atoms with van der Waals surface area (Å²) in [6.07, 6.45) is 1.65. The summed E-state index contributed by atoms with van der Waals surface area (Å²) in [5, 5.41) is 3.75. The van der Waals surface area contributed by atoms with E-state index in [9.17, 15) is 4.79 Å². The van der Waals surface area contributed by atoms with E-state index in [0.717, 1.165) is 15.6 Å². The fraction of sp³-hybridized carbons (Fsp3) is 0.111. The van der Waals surface area contributed by atoms with E-state index in [4.69, 9.17) is 16.0 Å². The lowest BCUT2D eigenvalue weighted by molar-refractivity contribution is -0.113. The van der Waals surface area contributed by atoms with Crippen LogP contribution in [0.4, 0.5) is 5.69 Å². The van der Waals surface area contributed by atoms with Crippen LogP contribution in [-0.4, -0.2) is 16.6 Å². The van der Waals surface area contributed by atoms with E-state index >= 15 is 0 Å². The molecule has 0 atom stereocenters. The molecule has 3 rings (SSSR count). The molecule has 1 aromatic heterocycles. The number of oxazole rings is 1. The Labute approximate surface area is 163 Å². The summed E-state index contributed by atoms with van der Waals surface area (Å²) in [4.78, 5) is 16.3. The molecular weight excluding hydrogens is 424 g/mol. The van der Waals surface area contributed by atoms with Crippen LogP contribution in [0.1, 0.15) is 5.56 Å². The van der Waals surface area contributed by atoms with Gasteiger partial charge in [0.1, 0.15) is 0 Å². The Bertz CT molecular complexity index is 896. The number of halogens is 2. The first-order chi connectivity index (χ1) is 12.0. The number of amides is 1. The van der Waals surface area contributed by atoms with Crippen molar-refractivity contribution in [3.05, 3.63) is 63.7 Å². The van der Waals surface area contributed by atoms with E-state index in [-0.39, 0.29) is 11.7 Å². The Morgan fingerprint density at radius 1 is 1.28 bits per heavy atom. The number of aromatic nitrogens is 1. The molecule has 0 fully saturated rings. The molecule has 0 aliphatic rings. The van der Waals surface area contributed by atoms with Crippen LogP contribution in [0, 0.1) is 6.92 Å². The first-order valence-corrected chi connectivity index (χ1v) is 9.57. The van der Waals surface area contributed by atoms with E-state index in [1.807, 2.05) is 43.3 Å². The fourth-order valence-corrected chi connectivity index (χ4v) is 3.26. The van der Waals surface area contributed by atoms with Gasteiger partial charge in [-0.05, 0) is 36.8 Å². The molecule has 0 unspecified atom stereocenters. The molecule has 0 aliphatic heterocycles. The van der Waals surface area contributed by atoms with E-state index in [2.05, 4.69) is 26.2 Å². The van der Waals surface area contributed by atoms with Crippen molar-refractivity contribution in [3.63, 3.8) is 0 Å². The summed E-state index contributed by atoms with van der Waals surface area (Å²) in [5.74, 6) is 0.681. The highest BCUT2D eigenvalue weighted by atomic mass is 79.9. The van der Waals surface area contributed by atoms with Crippen LogP contribution in [0.2, 0.25) is 5.02 Å². The van der Waals surface area contributed by atoms with Gasteiger partial charge in [0.15, 0.2) is 5.76 Å². The number of nitrogens with one attached hydrogen (secondary N) is 1. The Morgan fingerprint density at radius 2 is 2.04 bits per heavy atom. The Morgan fingerprint density at radius 3 is 2.76 bits per heavy atom. The minimum Gasteiger partial charge on any atom is -0.431 e. The molecule has 0 saturated heterocycles. The normalized spacial score (nSPS) is 10.7. The van der Waals surface area contributed by atoms with Crippen molar-refractivity contribution >= 4 is 50.9 Å². The van der Waals surface area contributed by atoms with Crippen molar-refractivity contribution < 1.29 is 9.21 Å². The van der Waals surface area contributed by atoms with Crippen LogP contribution in [-0.2, 0) is 4.79 Å². The van der Waals surface area contributed by atoms with Gasteiger partial charge in [-0.15, -0.1) is 0 Å². The van der Waals surface area contributed by atoms with E-state index in [1.165, 1.54) is 11.8 Å². The molecule has 2 aromatic carbocycles. The predicted molar refractivity (Wildman–Crippen MR) is 105 cm³/mol. The molecule has 3 aromatic rings. The average molecular weight is 438 g/mol. The lowest BCUT2D eigenvalue weighted by Gasteiger charge is -2.07. The van der Waals surface area contributed by atoms with Crippen LogP contribution >= 0.6 is 39.3 Å². The van der Waals surface area contributed by atoms with Gasteiger partial charge in [0, 0.05) is 10.0 Å². The maximum atomic E-state index is 12.1. The number of nitrogens with zero attached hydrogens (tertiary/aromatic N) is 1. The lowest BCUT2D eigenvalue weighted by atomic mass is 10.2. The van der Waals surface area contributed by atoms with Crippen molar-refractivity contribution in [2.24, 2.45) is 0 Å². The summed E-state index contributed by atoms with van der Waals surface area (Å²) in [5.41, 5.74) is 2.57. The largest absolute Gasteiger partial charge is 0.431 e. The first-order valence-electron chi connectivity index (χ1n) is 7.42. The summed E-state index contributed by atoms with van der Waals surface area (Å²) in [6.45, 7) is 1.94. The van der Waals surface area contributed by atoms with Gasteiger partial charge >= 0.3 is 0 Å². The molecule has 0 aliphatic carbocycles. The third kappa shape index (κ3) is 4.87. The van der Waals surface area contributed by atoms with Gasteiger partial charge in [-0.1, -0.05) is 57.5 Å².